The lowest BCUT2D eigenvalue weighted by Crippen LogP contribution is -2.26. The molecule has 5 heteroatoms. The quantitative estimate of drug-likeness (QED) is 0.242. The molecule has 0 amide bonds. The zero-order valence-electron chi connectivity index (χ0n) is 18.1. The standard InChI is InChI=1S/C23H40O4S/c1-4-7-9-11-13-15-20-17-18-22(27-23(6-3)28(24,25)26)19-21(20)16-14-12-10-8-5-2/h17-19,23H,4-16H2,1-3H3,(H,24,25,26). The normalized spacial score (nSPS) is 12.9. The summed E-state index contributed by atoms with van der Waals surface area (Å²) in [6.07, 6.45) is 14.7. The molecule has 1 unspecified atom stereocenters. The molecule has 0 bridgehead atoms. The van der Waals surface area contributed by atoms with E-state index in [2.05, 4.69) is 19.9 Å². The van der Waals surface area contributed by atoms with E-state index in [0.717, 1.165) is 19.3 Å². The van der Waals surface area contributed by atoms with Gasteiger partial charge in [-0.25, -0.2) is 0 Å². The molecule has 1 aromatic rings. The molecular weight excluding hydrogens is 372 g/mol. The summed E-state index contributed by atoms with van der Waals surface area (Å²) in [4.78, 5) is 0. The van der Waals surface area contributed by atoms with Gasteiger partial charge in [0.2, 0.25) is 5.44 Å². The number of hydrogen-bond acceptors (Lipinski definition) is 3. The van der Waals surface area contributed by atoms with Crippen LogP contribution in [0.1, 0.15) is 103 Å². The molecular formula is C23H40O4S. The summed E-state index contributed by atoms with van der Waals surface area (Å²) in [5, 5.41) is 0. The maximum atomic E-state index is 11.4. The Balaban J connectivity index is 2.80. The summed E-state index contributed by atoms with van der Waals surface area (Å²) >= 11 is 0. The minimum atomic E-state index is -4.21. The molecule has 0 saturated carbocycles. The van der Waals surface area contributed by atoms with Crippen molar-refractivity contribution in [1.82, 2.24) is 0 Å². The zero-order chi connectivity index (χ0) is 20.8. The van der Waals surface area contributed by atoms with Gasteiger partial charge in [0, 0.05) is 0 Å². The Morgan fingerprint density at radius 3 is 1.86 bits per heavy atom. The predicted molar refractivity (Wildman–Crippen MR) is 118 cm³/mol. The molecule has 1 atom stereocenters. The van der Waals surface area contributed by atoms with E-state index in [0.29, 0.717) is 5.75 Å². The van der Waals surface area contributed by atoms with Crippen LogP contribution in [-0.2, 0) is 23.0 Å². The van der Waals surface area contributed by atoms with Gasteiger partial charge in [0.1, 0.15) is 5.75 Å². The number of hydrogen-bond donors (Lipinski definition) is 1. The van der Waals surface area contributed by atoms with Crippen molar-refractivity contribution >= 4 is 10.1 Å². The molecule has 1 aromatic carbocycles. The van der Waals surface area contributed by atoms with Gasteiger partial charge >= 0.3 is 10.1 Å². The zero-order valence-corrected chi connectivity index (χ0v) is 18.9. The highest BCUT2D eigenvalue weighted by Crippen LogP contribution is 2.24. The van der Waals surface area contributed by atoms with Crippen molar-refractivity contribution in [3.8, 4) is 5.75 Å². The Morgan fingerprint density at radius 2 is 1.36 bits per heavy atom. The van der Waals surface area contributed by atoms with Gasteiger partial charge in [-0.15, -0.1) is 0 Å². The molecule has 0 saturated heterocycles. The molecule has 0 aliphatic carbocycles. The Morgan fingerprint density at radius 1 is 0.821 bits per heavy atom. The summed E-state index contributed by atoms with van der Waals surface area (Å²) < 4.78 is 37.8. The molecule has 0 heterocycles. The van der Waals surface area contributed by atoms with E-state index >= 15 is 0 Å². The van der Waals surface area contributed by atoms with Crippen LogP contribution in [0.5, 0.6) is 5.75 Å². The second-order valence-corrected chi connectivity index (χ2v) is 9.29. The van der Waals surface area contributed by atoms with Crippen LogP contribution in [0.3, 0.4) is 0 Å². The first-order valence-electron chi connectivity index (χ1n) is 11.2. The Bertz CT molecular complexity index is 640. The fourth-order valence-corrected chi connectivity index (χ4v) is 4.15. The fourth-order valence-electron chi connectivity index (χ4n) is 3.50. The van der Waals surface area contributed by atoms with Crippen molar-refractivity contribution in [2.45, 2.75) is 110 Å². The van der Waals surface area contributed by atoms with Crippen LogP contribution >= 0.6 is 0 Å². The number of rotatable bonds is 16. The van der Waals surface area contributed by atoms with Gasteiger partial charge in [-0.05, 0) is 55.4 Å². The largest absolute Gasteiger partial charge is 0.472 e. The average molecular weight is 413 g/mol. The van der Waals surface area contributed by atoms with Crippen molar-refractivity contribution < 1.29 is 17.7 Å². The summed E-state index contributed by atoms with van der Waals surface area (Å²) in [6, 6.07) is 5.90. The monoisotopic (exact) mass is 412 g/mol. The number of unbranched alkanes of at least 4 members (excludes halogenated alkanes) is 8. The summed E-state index contributed by atoms with van der Waals surface area (Å²) in [5.74, 6) is 0.530. The molecule has 0 radical (unpaired) electrons. The highest BCUT2D eigenvalue weighted by Gasteiger charge is 2.23. The third-order valence-corrected chi connectivity index (χ3v) is 6.30. The lowest BCUT2D eigenvalue weighted by atomic mass is 9.96. The summed E-state index contributed by atoms with van der Waals surface area (Å²) in [7, 11) is -4.21. The van der Waals surface area contributed by atoms with Gasteiger partial charge in [0.25, 0.3) is 0 Å². The molecule has 4 nitrogen and oxygen atoms in total. The second-order valence-electron chi connectivity index (χ2n) is 7.73. The van der Waals surface area contributed by atoms with E-state index in [9.17, 15) is 13.0 Å². The third kappa shape index (κ3) is 9.92. The van der Waals surface area contributed by atoms with E-state index in [-0.39, 0.29) is 6.42 Å². The second kappa shape index (κ2) is 14.0. The van der Waals surface area contributed by atoms with Crippen molar-refractivity contribution in [3.05, 3.63) is 29.3 Å². The average Bonchev–Trinajstić information content (AvgIpc) is 2.66. The number of aryl methyl sites for hydroxylation is 2. The van der Waals surface area contributed by atoms with Crippen LogP contribution < -0.4 is 4.74 Å². The predicted octanol–water partition coefficient (Wildman–Crippen LogP) is 6.72. The van der Waals surface area contributed by atoms with Gasteiger partial charge in [-0.1, -0.05) is 78.2 Å². The van der Waals surface area contributed by atoms with Crippen LogP contribution in [0.4, 0.5) is 0 Å². The molecule has 0 fully saturated rings. The molecule has 0 aliphatic heterocycles. The van der Waals surface area contributed by atoms with Gasteiger partial charge in [-0.2, -0.15) is 8.42 Å². The van der Waals surface area contributed by atoms with E-state index in [1.807, 2.05) is 12.1 Å². The lowest BCUT2D eigenvalue weighted by molar-refractivity contribution is 0.252. The first-order chi connectivity index (χ1) is 13.4. The maximum Gasteiger partial charge on any atom is 0.303 e. The van der Waals surface area contributed by atoms with Crippen molar-refractivity contribution in [2.24, 2.45) is 0 Å². The van der Waals surface area contributed by atoms with Crippen LogP contribution in [0.15, 0.2) is 18.2 Å². The SMILES string of the molecule is CCCCCCCc1ccc(OC(CC)S(=O)(=O)O)cc1CCCCCCC. The molecule has 162 valence electrons. The molecule has 0 aliphatic rings. The highest BCUT2D eigenvalue weighted by atomic mass is 32.2. The van der Waals surface area contributed by atoms with Gasteiger partial charge in [0.15, 0.2) is 0 Å². The minimum absolute atomic E-state index is 0.213. The summed E-state index contributed by atoms with van der Waals surface area (Å²) in [6.45, 7) is 6.14. The Kier molecular flexibility index (Phi) is 12.5. The van der Waals surface area contributed by atoms with Crippen LogP contribution in [0, 0.1) is 0 Å². The molecule has 1 rings (SSSR count). The van der Waals surface area contributed by atoms with Gasteiger partial charge in [0.05, 0.1) is 0 Å². The molecule has 0 aromatic heterocycles. The third-order valence-electron chi connectivity index (χ3n) is 5.21. The van der Waals surface area contributed by atoms with Crippen molar-refractivity contribution in [1.29, 1.82) is 0 Å². The van der Waals surface area contributed by atoms with Crippen LogP contribution in [0.25, 0.3) is 0 Å². The fraction of sp³-hybridized carbons (Fsp3) is 0.739. The molecule has 0 spiro atoms. The smallest absolute Gasteiger partial charge is 0.303 e. The van der Waals surface area contributed by atoms with Crippen molar-refractivity contribution in [2.75, 3.05) is 0 Å². The van der Waals surface area contributed by atoms with E-state index < -0.39 is 15.6 Å². The van der Waals surface area contributed by atoms with Gasteiger partial charge in [-0.3, -0.25) is 4.55 Å². The van der Waals surface area contributed by atoms with Crippen LogP contribution in [0.2, 0.25) is 0 Å². The lowest BCUT2D eigenvalue weighted by Gasteiger charge is -2.17. The number of ether oxygens (including phenoxy) is 1. The van der Waals surface area contributed by atoms with E-state index in [4.69, 9.17) is 4.74 Å². The Hall–Kier alpha value is -1.07. The number of benzene rings is 1. The Labute approximate surface area is 172 Å². The molecule has 28 heavy (non-hydrogen) atoms. The van der Waals surface area contributed by atoms with E-state index in [1.54, 1.807) is 6.92 Å². The minimum Gasteiger partial charge on any atom is -0.472 e. The van der Waals surface area contributed by atoms with Gasteiger partial charge < -0.3 is 4.74 Å². The van der Waals surface area contributed by atoms with E-state index in [1.165, 1.54) is 68.9 Å². The van der Waals surface area contributed by atoms with Crippen molar-refractivity contribution in [3.63, 3.8) is 0 Å². The summed E-state index contributed by atoms with van der Waals surface area (Å²) in [5.41, 5.74) is 1.40. The highest BCUT2D eigenvalue weighted by molar-refractivity contribution is 7.86. The first kappa shape index (κ1) is 25.0. The van der Waals surface area contributed by atoms with Crippen LogP contribution in [-0.4, -0.2) is 18.4 Å². The maximum absolute atomic E-state index is 11.4. The molecule has 1 N–H and O–H groups in total. The first-order valence-corrected chi connectivity index (χ1v) is 12.7. The topological polar surface area (TPSA) is 63.6 Å².